The van der Waals surface area contributed by atoms with Gasteiger partial charge in [-0.3, -0.25) is 18.0 Å². The van der Waals surface area contributed by atoms with Crippen molar-refractivity contribution in [1.29, 1.82) is 0 Å². The zero-order chi connectivity index (χ0) is 67.6. The number of hydrogen-bond donors (Lipinski definition) is 0. The summed E-state index contributed by atoms with van der Waals surface area (Å²) in [6.07, 6.45) is -9.80. The van der Waals surface area contributed by atoms with Crippen molar-refractivity contribution in [1.82, 2.24) is 0 Å². The quantitative estimate of drug-likeness (QED) is 0.0265. The number of hydrogen-bond acceptors (Lipinski definition) is 19. The molecular weight excluding hydrogens is 1410 g/mol. The van der Waals surface area contributed by atoms with E-state index in [2.05, 4.69) is 0 Å². The molecule has 498 valence electrons. The number of carbonyl (C=O) groups is 2. The van der Waals surface area contributed by atoms with E-state index in [1.165, 1.54) is 24.3 Å². The van der Waals surface area contributed by atoms with Gasteiger partial charge in [-0.15, -0.1) is 0 Å². The van der Waals surface area contributed by atoms with Crippen molar-refractivity contribution in [3.8, 4) is 0 Å². The van der Waals surface area contributed by atoms with Gasteiger partial charge in [0, 0.05) is 35.8 Å². The van der Waals surface area contributed by atoms with Crippen molar-refractivity contribution >= 4 is 84.3 Å². The minimum absolute atomic E-state index is 0. The topological polar surface area (TPSA) is 311 Å². The molecule has 4 bridgehead atoms. The zero-order valence-corrected chi connectivity index (χ0v) is 55.4. The molecule has 4 aliphatic carbocycles. The molecule has 0 N–H and O–H groups in total. The Morgan fingerprint density at radius 1 is 0.452 bits per heavy atom. The van der Waals surface area contributed by atoms with Crippen LogP contribution in [0.1, 0.15) is 36.8 Å². The van der Waals surface area contributed by atoms with Gasteiger partial charge < -0.3 is 23.1 Å². The fourth-order valence-electron chi connectivity index (χ4n) is 11.4. The molecule has 6 fully saturated rings. The molecule has 6 aliphatic rings. The number of carbonyl (C=O) groups excluding carboxylic acids is 2. The average Bonchev–Trinajstić information content (AvgIpc) is 1.57. The molecular formula is C57H50F9NaO19S7. The Hall–Kier alpha value is -5.12. The summed E-state index contributed by atoms with van der Waals surface area (Å²) >= 11 is 0. The monoisotopic (exact) mass is 1460 g/mol. The number of halogens is 9. The van der Waals surface area contributed by atoms with Gasteiger partial charge in [-0.1, -0.05) is 84.9 Å². The van der Waals surface area contributed by atoms with Gasteiger partial charge in [0.1, 0.15) is 56.2 Å². The fraction of sp³-hybridized carbons (Fsp3) is 0.333. The second kappa shape index (κ2) is 29.7. The molecule has 2 aliphatic heterocycles. The van der Waals surface area contributed by atoms with Crippen molar-refractivity contribution in [2.75, 3.05) is 11.5 Å². The van der Waals surface area contributed by atoms with Crippen molar-refractivity contribution in [2.45, 2.75) is 108 Å². The average molecular weight is 1460 g/mol. The second-order valence-corrected chi connectivity index (χ2v) is 32.9. The summed E-state index contributed by atoms with van der Waals surface area (Å²) < 4.78 is 266. The van der Waals surface area contributed by atoms with E-state index in [4.69, 9.17) is 30.8 Å². The third-order valence-corrected chi connectivity index (χ3v) is 24.7. The van der Waals surface area contributed by atoms with Crippen molar-refractivity contribution in [3.05, 3.63) is 181 Å². The number of alkyl halides is 9. The molecule has 0 amide bonds. The normalized spacial score (nSPS) is 24.3. The molecule has 36 heteroatoms. The van der Waals surface area contributed by atoms with E-state index in [1.807, 2.05) is 121 Å². The Morgan fingerprint density at radius 3 is 0.968 bits per heavy atom. The van der Waals surface area contributed by atoms with E-state index >= 15 is 0 Å². The molecule has 10 atom stereocenters. The summed E-state index contributed by atoms with van der Waals surface area (Å²) in [7, 11) is -23.8. The molecule has 6 aromatic rings. The van der Waals surface area contributed by atoms with Gasteiger partial charge in [0.15, 0.2) is 39.5 Å². The number of fused-ring (bicyclic) bond motifs is 2. The van der Waals surface area contributed by atoms with Crippen LogP contribution in [0.5, 0.6) is 0 Å². The third-order valence-electron chi connectivity index (χ3n) is 14.9. The van der Waals surface area contributed by atoms with Crippen molar-refractivity contribution < 1.29 is 152 Å². The molecule has 0 spiro atoms. The Bertz CT molecular complexity index is 3860. The van der Waals surface area contributed by atoms with Crippen LogP contribution in [-0.2, 0) is 112 Å². The first-order valence-corrected chi connectivity index (χ1v) is 36.8. The predicted octanol–water partition coefficient (Wildman–Crippen LogP) is 5.82. The molecule has 6 aromatic carbocycles. The van der Waals surface area contributed by atoms with Crippen LogP contribution in [0.4, 0.5) is 39.5 Å². The van der Waals surface area contributed by atoms with E-state index in [9.17, 15) is 91.9 Å². The maximum Gasteiger partial charge on any atom is 1.00 e. The summed E-state index contributed by atoms with van der Waals surface area (Å²) in [4.78, 5) is 28.0. The standard InChI is InChI=1S/2C19H14F3S.2C9H12O8S2.CHF3O3S.Na/c2*20-19(21,22)15-8-7-13-18(14-15)23(16-9-3-1-4-10-16)17-11-5-2-6-12-17;2*10-7(3-18(11,12)13)16-8-4-1-5-6(2-4)19(14,15)17-9(5)8;2-1(3,4)8(5,6)7;/h2*1-14H;2*4-6,8-9H,1-3H2,(H,11,12,13);(H,5,6,7);/q2*+1;;;;+1/p-3. The molecule has 10 unspecified atom stereocenters. The number of esters is 2. The van der Waals surface area contributed by atoms with Crippen LogP contribution in [0, 0.1) is 23.7 Å². The maximum atomic E-state index is 13.0. The van der Waals surface area contributed by atoms with Gasteiger partial charge in [0.05, 0.1) is 43.4 Å². The van der Waals surface area contributed by atoms with Crippen LogP contribution in [0.25, 0.3) is 0 Å². The van der Waals surface area contributed by atoms with Crippen molar-refractivity contribution in [2.24, 2.45) is 23.7 Å². The minimum atomic E-state index is -6.09. The molecule has 0 radical (unpaired) electrons. The zero-order valence-electron chi connectivity index (χ0n) is 47.7. The van der Waals surface area contributed by atoms with Gasteiger partial charge in [-0.25, -0.2) is 25.3 Å². The predicted molar refractivity (Wildman–Crippen MR) is 305 cm³/mol. The minimum Gasteiger partial charge on any atom is -0.748 e. The van der Waals surface area contributed by atoms with Gasteiger partial charge in [0.25, 0.3) is 20.2 Å². The van der Waals surface area contributed by atoms with Gasteiger partial charge >= 0.3 is 59.4 Å². The SMILES string of the molecule is FC(F)(F)c1cccc([S+](c2ccccc2)c2ccccc2)c1.FC(F)(F)c1cccc([S+](c2ccccc2)c2ccccc2)c1.O=C(CS(=O)(=O)[O-])OC1C2CC3C1OS(=O)(=O)C3C2.O=C(CS(=O)(=O)[O-])OC1C2CC3C1OS(=O)(=O)C3C2.O=S(=O)([O-])C(F)(F)F.[Na+]. The van der Waals surface area contributed by atoms with Crippen LogP contribution in [0.2, 0.25) is 0 Å². The molecule has 12 rings (SSSR count). The summed E-state index contributed by atoms with van der Waals surface area (Å²) in [6.45, 7) is 0. The maximum absolute atomic E-state index is 13.0. The van der Waals surface area contributed by atoms with Crippen LogP contribution in [0.3, 0.4) is 0 Å². The van der Waals surface area contributed by atoms with Crippen LogP contribution in [0.15, 0.2) is 199 Å². The molecule has 2 heterocycles. The first-order chi connectivity index (χ1) is 42.7. The number of benzene rings is 6. The first kappa shape index (κ1) is 75.3. The van der Waals surface area contributed by atoms with Crippen LogP contribution >= 0.6 is 0 Å². The van der Waals surface area contributed by atoms with Gasteiger partial charge in [-0.05, 0) is 98.5 Å². The van der Waals surface area contributed by atoms with Crippen LogP contribution in [-0.4, -0.2) is 120 Å². The molecule has 0 aromatic heterocycles. The van der Waals surface area contributed by atoms with E-state index in [-0.39, 0.29) is 53.2 Å². The molecule has 4 saturated carbocycles. The van der Waals surface area contributed by atoms with Gasteiger partial charge in [0.2, 0.25) is 0 Å². The summed E-state index contributed by atoms with van der Waals surface area (Å²) in [5.74, 6) is -5.48. The Kier molecular flexibility index (Phi) is 24.0. The van der Waals surface area contributed by atoms with Gasteiger partial charge in [-0.2, -0.15) is 56.3 Å². The van der Waals surface area contributed by atoms with Crippen LogP contribution < -0.4 is 29.6 Å². The summed E-state index contributed by atoms with van der Waals surface area (Å²) in [5.41, 5.74) is -6.87. The Balaban J connectivity index is 0.000000169. The van der Waals surface area contributed by atoms with E-state index in [0.717, 1.165) is 31.7 Å². The molecule has 93 heavy (non-hydrogen) atoms. The smallest absolute Gasteiger partial charge is 0.748 e. The fourth-order valence-corrected chi connectivity index (χ4v) is 20.1. The summed E-state index contributed by atoms with van der Waals surface area (Å²) in [5, 5.41) is -1.08. The van der Waals surface area contributed by atoms with Crippen molar-refractivity contribution in [3.63, 3.8) is 0 Å². The van der Waals surface area contributed by atoms with E-state index in [1.54, 1.807) is 12.1 Å². The second-order valence-electron chi connectivity index (χ2n) is 21.1. The molecule has 2 saturated heterocycles. The largest absolute Gasteiger partial charge is 1.00 e. The Morgan fingerprint density at radius 2 is 0.720 bits per heavy atom. The third kappa shape index (κ3) is 19.3. The molecule has 19 nitrogen and oxygen atoms in total. The number of rotatable bonds is 12. The summed E-state index contributed by atoms with van der Waals surface area (Å²) in [6, 6.07) is 49.7. The Labute approximate surface area is 556 Å². The number of ether oxygens (including phenoxy) is 2. The first-order valence-electron chi connectivity index (χ1n) is 26.9. The van der Waals surface area contributed by atoms with E-state index in [0.29, 0.717) is 35.5 Å². The van der Waals surface area contributed by atoms with E-state index < -0.39 is 160 Å².